The Labute approximate surface area is 184 Å². The quantitative estimate of drug-likeness (QED) is 0.359. The van der Waals surface area contributed by atoms with Gasteiger partial charge in [0.15, 0.2) is 0 Å². The Morgan fingerprint density at radius 3 is 2.61 bits per heavy atom. The summed E-state index contributed by atoms with van der Waals surface area (Å²) in [7, 11) is 0. The summed E-state index contributed by atoms with van der Waals surface area (Å²) < 4.78 is 24.7. The predicted molar refractivity (Wildman–Crippen MR) is 120 cm³/mol. The summed E-state index contributed by atoms with van der Waals surface area (Å²) in [5.74, 6) is 1.12. The van der Waals surface area contributed by atoms with Gasteiger partial charge in [-0.1, -0.05) is 11.2 Å². The average molecular weight is 432 g/mol. The normalized spacial score (nSPS) is 14.7. The molecule has 1 aromatic carbocycles. The fraction of sp³-hybridized carbons (Fsp3) is 0.542. The van der Waals surface area contributed by atoms with Crippen LogP contribution in [0.15, 0.2) is 41.4 Å². The van der Waals surface area contributed by atoms with E-state index in [4.69, 9.17) is 9.26 Å². The highest BCUT2D eigenvalue weighted by Crippen LogP contribution is 2.35. The third-order valence-electron chi connectivity index (χ3n) is 5.55. The number of aromatic nitrogens is 1. The van der Waals surface area contributed by atoms with Gasteiger partial charge in [0.05, 0.1) is 24.9 Å². The van der Waals surface area contributed by atoms with Gasteiger partial charge in [0.25, 0.3) is 0 Å². The molecule has 170 valence electrons. The highest BCUT2D eigenvalue weighted by atomic mass is 19.1. The van der Waals surface area contributed by atoms with E-state index in [0.29, 0.717) is 25.6 Å². The largest absolute Gasteiger partial charge is 0.389 e. The third kappa shape index (κ3) is 6.63. The van der Waals surface area contributed by atoms with Crippen LogP contribution in [0.4, 0.5) is 10.3 Å². The van der Waals surface area contributed by atoms with Gasteiger partial charge in [0.1, 0.15) is 11.5 Å². The number of benzene rings is 1. The molecule has 2 aromatic rings. The van der Waals surface area contributed by atoms with E-state index in [2.05, 4.69) is 35.4 Å². The summed E-state index contributed by atoms with van der Waals surface area (Å²) in [4.78, 5) is 4.39. The molecular weight excluding hydrogens is 397 g/mol. The van der Waals surface area contributed by atoms with Crippen molar-refractivity contribution >= 4 is 5.88 Å². The molecule has 0 bridgehead atoms. The van der Waals surface area contributed by atoms with Gasteiger partial charge in [-0.25, -0.2) is 4.39 Å². The molecule has 0 amide bonds. The van der Waals surface area contributed by atoms with Crippen LogP contribution in [0.25, 0.3) is 11.3 Å². The average Bonchev–Trinajstić information content (AvgIpc) is 3.49. The van der Waals surface area contributed by atoms with Crippen LogP contribution in [0.2, 0.25) is 0 Å². The summed E-state index contributed by atoms with van der Waals surface area (Å²) >= 11 is 0. The van der Waals surface area contributed by atoms with Crippen molar-refractivity contribution in [3.8, 4) is 11.3 Å². The van der Waals surface area contributed by atoms with Crippen LogP contribution in [0.5, 0.6) is 0 Å². The van der Waals surface area contributed by atoms with E-state index < -0.39 is 6.10 Å². The Hall–Kier alpha value is -2.22. The number of aliphatic hydroxyl groups excluding tert-OH is 1. The Morgan fingerprint density at radius 1 is 1.29 bits per heavy atom. The maximum atomic E-state index is 13.5. The minimum atomic E-state index is -0.593. The number of rotatable bonds is 14. The van der Waals surface area contributed by atoms with Crippen LogP contribution in [-0.2, 0) is 11.3 Å². The highest BCUT2D eigenvalue weighted by Gasteiger charge is 2.29. The Kier molecular flexibility index (Phi) is 8.63. The number of halogens is 1. The molecule has 0 unspecified atom stereocenters. The third-order valence-corrected chi connectivity index (χ3v) is 5.55. The molecule has 0 aliphatic heterocycles. The second kappa shape index (κ2) is 11.4. The molecule has 1 saturated carbocycles. The van der Waals surface area contributed by atoms with Gasteiger partial charge >= 0.3 is 0 Å². The predicted octanol–water partition coefficient (Wildman–Crippen LogP) is 4.10. The number of anilines is 1. The zero-order valence-corrected chi connectivity index (χ0v) is 18.6. The van der Waals surface area contributed by atoms with Crippen molar-refractivity contribution in [2.75, 3.05) is 44.3 Å². The highest BCUT2D eigenvalue weighted by molar-refractivity contribution is 5.68. The molecule has 1 aromatic heterocycles. The van der Waals surface area contributed by atoms with Gasteiger partial charge in [-0.15, -0.1) is 6.58 Å². The first-order valence-corrected chi connectivity index (χ1v) is 11.1. The molecule has 0 radical (unpaired) electrons. The van der Waals surface area contributed by atoms with Gasteiger partial charge in [0.2, 0.25) is 5.88 Å². The number of aliphatic hydroxyl groups is 1. The standard InChI is InChI=1S/C24H34FN3O3/c1-4-13-30-17-21(29)15-27(14-18-7-8-18)16-22-23(19-9-11-20(25)12-10-19)26-31-24(22)28(5-2)6-3/h4,9-12,18,21,29H,1,5-8,13-17H2,2-3H3/t21-/m1/s1. The first-order chi connectivity index (χ1) is 15.0. The van der Waals surface area contributed by atoms with E-state index in [1.807, 2.05) is 0 Å². The number of nitrogens with zero attached hydrogens (tertiary/aromatic N) is 3. The molecule has 6 nitrogen and oxygen atoms in total. The fourth-order valence-electron chi connectivity index (χ4n) is 3.77. The summed E-state index contributed by atoms with van der Waals surface area (Å²) in [6.45, 7) is 12.1. The topological polar surface area (TPSA) is 62.0 Å². The molecular formula is C24H34FN3O3. The first-order valence-electron chi connectivity index (χ1n) is 11.1. The maximum Gasteiger partial charge on any atom is 0.232 e. The molecule has 1 heterocycles. The van der Waals surface area contributed by atoms with Crippen LogP contribution in [0, 0.1) is 11.7 Å². The lowest BCUT2D eigenvalue weighted by Crippen LogP contribution is -2.36. The molecule has 3 rings (SSSR count). The molecule has 1 fully saturated rings. The second-order valence-corrected chi connectivity index (χ2v) is 8.11. The Morgan fingerprint density at radius 2 is 2.00 bits per heavy atom. The van der Waals surface area contributed by atoms with Gasteiger partial charge in [0, 0.05) is 38.3 Å². The van der Waals surface area contributed by atoms with Crippen LogP contribution in [-0.4, -0.2) is 60.7 Å². The lowest BCUT2D eigenvalue weighted by Gasteiger charge is -2.26. The molecule has 1 N–H and O–H groups in total. The SMILES string of the molecule is C=CCOC[C@H](O)CN(Cc1c(-c2ccc(F)cc2)noc1N(CC)CC)CC1CC1. The smallest absolute Gasteiger partial charge is 0.232 e. The van der Waals surface area contributed by atoms with Gasteiger partial charge in [-0.3, -0.25) is 4.90 Å². The number of hydrogen-bond acceptors (Lipinski definition) is 6. The monoisotopic (exact) mass is 431 g/mol. The molecule has 1 atom stereocenters. The van der Waals surface area contributed by atoms with E-state index in [1.165, 1.54) is 25.0 Å². The first kappa shape index (κ1) is 23.4. The summed E-state index contributed by atoms with van der Waals surface area (Å²) in [5, 5.41) is 14.9. The zero-order valence-electron chi connectivity index (χ0n) is 18.6. The van der Waals surface area contributed by atoms with Crippen LogP contribution in [0.1, 0.15) is 32.3 Å². The van der Waals surface area contributed by atoms with Crippen molar-refractivity contribution in [3.05, 3.63) is 48.3 Å². The molecule has 31 heavy (non-hydrogen) atoms. The number of ether oxygens (including phenoxy) is 1. The lowest BCUT2D eigenvalue weighted by molar-refractivity contribution is 0.0237. The van der Waals surface area contributed by atoms with E-state index in [-0.39, 0.29) is 12.4 Å². The molecule has 0 spiro atoms. The van der Waals surface area contributed by atoms with Crippen LogP contribution >= 0.6 is 0 Å². The van der Waals surface area contributed by atoms with E-state index in [9.17, 15) is 9.50 Å². The van der Waals surface area contributed by atoms with E-state index in [1.54, 1.807) is 18.2 Å². The molecule has 7 heteroatoms. The van der Waals surface area contributed by atoms with E-state index >= 15 is 0 Å². The van der Waals surface area contributed by atoms with Crippen LogP contribution < -0.4 is 4.90 Å². The van der Waals surface area contributed by atoms with Gasteiger partial charge in [-0.2, -0.15) is 0 Å². The van der Waals surface area contributed by atoms with E-state index in [0.717, 1.165) is 42.3 Å². The Bertz CT molecular complexity index is 816. The fourth-order valence-corrected chi connectivity index (χ4v) is 3.77. The van der Waals surface area contributed by atoms with Crippen molar-refractivity contribution < 1.29 is 18.8 Å². The van der Waals surface area contributed by atoms with Crippen molar-refractivity contribution in [2.45, 2.75) is 39.3 Å². The second-order valence-electron chi connectivity index (χ2n) is 8.11. The van der Waals surface area contributed by atoms with Gasteiger partial charge in [-0.05, 0) is 56.9 Å². The molecule has 1 aliphatic carbocycles. The van der Waals surface area contributed by atoms with Crippen molar-refractivity contribution in [1.29, 1.82) is 0 Å². The zero-order chi connectivity index (χ0) is 22.2. The molecule has 1 aliphatic rings. The van der Waals surface area contributed by atoms with Crippen LogP contribution in [0.3, 0.4) is 0 Å². The molecule has 0 saturated heterocycles. The minimum Gasteiger partial charge on any atom is -0.389 e. The maximum absolute atomic E-state index is 13.5. The Balaban J connectivity index is 1.86. The summed E-state index contributed by atoms with van der Waals surface area (Å²) in [6.07, 6.45) is 3.52. The van der Waals surface area contributed by atoms with Crippen molar-refractivity contribution in [3.63, 3.8) is 0 Å². The summed E-state index contributed by atoms with van der Waals surface area (Å²) in [5.41, 5.74) is 2.51. The number of hydrogen-bond donors (Lipinski definition) is 1. The minimum absolute atomic E-state index is 0.268. The summed E-state index contributed by atoms with van der Waals surface area (Å²) in [6, 6.07) is 6.33. The van der Waals surface area contributed by atoms with Crippen molar-refractivity contribution in [1.82, 2.24) is 10.1 Å². The lowest BCUT2D eigenvalue weighted by atomic mass is 10.1. The van der Waals surface area contributed by atoms with Crippen molar-refractivity contribution in [2.24, 2.45) is 5.92 Å². The van der Waals surface area contributed by atoms with Gasteiger partial charge < -0.3 is 19.3 Å².